The van der Waals surface area contributed by atoms with Crippen LogP contribution in [-0.4, -0.2) is 11.8 Å². The van der Waals surface area contributed by atoms with E-state index >= 15 is 0 Å². The van der Waals surface area contributed by atoms with Crippen LogP contribution in [-0.2, 0) is 9.59 Å². The van der Waals surface area contributed by atoms with Gasteiger partial charge in [0, 0.05) is 15.7 Å². The van der Waals surface area contributed by atoms with E-state index in [1.54, 1.807) is 36.4 Å². The van der Waals surface area contributed by atoms with E-state index in [2.05, 4.69) is 10.6 Å². The van der Waals surface area contributed by atoms with Crippen LogP contribution in [0.15, 0.2) is 36.4 Å². The number of halogens is 3. The second kappa shape index (κ2) is 6.87. The molecule has 0 saturated heterocycles. The van der Waals surface area contributed by atoms with E-state index in [1.807, 2.05) is 6.92 Å². The number of amides is 2. The Morgan fingerprint density at radius 2 is 1.56 bits per heavy atom. The van der Waals surface area contributed by atoms with Crippen molar-refractivity contribution in [1.82, 2.24) is 0 Å². The lowest BCUT2D eigenvalue weighted by molar-refractivity contribution is -0.131. The van der Waals surface area contributed by atoms with Gasteiger partial charge in [-0.15, -0.1) is 0 Å². The SMILES string of the molecule is Cc1c(Cl)cccc1NC(=O)C1(C(=O)Nc2cc(Cl)ccc2Cl)CC1. The smallest absolute Gasteiger partial charge is 0.240 e. The molecule has 2 aromatic rings. The molecule has 1 fully saturated rings. The van der Waals surface area contributed by atoms with Gasteiger partial charge in [-0.2, -0.15) is 0 Å². The summed E-state index contributed by atoms with van der Waals surface area (Å²) in [6, 6.07) is 10.0. The molecule has 0 spiro atoms. The number of hydrogen-bond acceptors (Lipinski definition) is 2. The molecule has 1 aliphatic carbocycles. The maximum absolute atomic E-state index is 12.7. The molecule has 1 aliphatic rings. The van der Waals surface area contributed by atoms with Crippen LogP contribution in [0, 0.1) is 12.3 Å². The van der Waals surface area contributed by atoms with Crippen molar-refractivity contribution >= 4 is 58.0 Å². The highest BCUT2D eigenvalue weighted by Crippen LogP contribution is 2.48. The number of anilines is 2. The monoisotopic (exact) mass is 396 g/mol. The molecule has 2 amide bonds. The molecular weight excluding hydrogens is 383 g/mol. The second-order valence-corrected chi connectivity index (χ2v) is 7.28. The number of benzene rings is 2. The lowest BCUT2D eigenvalue weighted by Gasteiger charge is -2.17. The van der Waals surface area contributed by atoms with E-state index in [9.17, 15) is 9.59 Å². The molecule has 0 bridgehead atoms. The molecular formula is C18H15Cl3N2O2. The van der Waals surface area contributed by atoms with E-state index in [1.165, 1.54) is 0 Å². The highest BCUT2D eigenvalue weighted by atomic mass is 35.5. The van der Waals surface area contributed by atoms with Crippen LogP contribution < -0.4 is 10.6 Å². The van der Waals surface area contributed by atoms with Gasteiger partial charge in [-0.05, 0) is 55.7 Å². The summed E-state index contributed by atoms with van der Waals surface area (Å²) in [5.74, 6) is -0.748. The topological polar surface area (TPSA) is 58.2 Å². The molecule has 0 aromatic heterocycles. The van der Waals surface area contributed by atoms with E-state index in [0.29, 0.717) is 39.3 Å². The average molecular weight is 398 g/mol. The summed E-state index contributed by atoms with van der Waals surface area (Å²) in [6.07, 6.45) is 0.949. The standard InChI is InChI=1S/C18H15Cl3N2O2/c1-10-12(20)3-2-4-14(10)22-16(24)18(7-8-18)17(25)23-15-9-11(19)5-6-13(15)21/h2-6,9H,7-8H2,1H3,(H,22,24)(H,23,25). The van der Waals surface area contributed by atoms with Crippen LogP contribution in [0.1, 0.15) is 18.4 Å². The Morgan fingerprint density at radius 1 is 0.920 bits per heavy atom. The summed E-state index contributed by atoms with van der Waals surface area (Å²) in [7, 11) is 0. The average Bonchev–Trinajstić information content (AvgIpc) is 3.37. The van der Waals surface area contributed by atoms with Gasteiger partial charge in [0.2, 0.25) is 11.8 Å². The number of carbonyl (C=O) groups excluding carboxylic acids is 2. The lowest BCUT2D eigenvalue weighted by atomic mass is 10.0. The summed E-state index contributed by atoms with van der Waals surface area (Å²) in [5.41, 5.74) is 0.640. The van der Waals surface area contributed by atoms with E-state index in [4.69, 9.17) is 34.8 Å². The Kier molecular flexibility index (Phi) is 4.96. The molecule has 3 rings (SSSR count). The summed E-state index contributed by atoms with van der Waals surface area (Å²) in [4.78, 5) is 25.3. The fraction of sp³-hybridized carbons (Fsp3) is 0.222. The van der Waals surface area contributed by atoms with Crippen LogP contribution in [0.4, 0.5) is 11.4 Å². The normalized spacial score (nSPS) is 14.7. The van der Waals surface area contributed by atoms with Crippen molar-refractivity contribution in [3.05, 3.63) is 57.0 Å². The Balaban J connectivity index is 1.77. The van der Waals surface area contributed by atoms with Crippen molar-refractivity contribution in [3.63, 3.8) is 0 Å². The lowest BCUT2D eigenvalue weighted by Crippen LogP contribution is -2.35. The first-order valence-electron chi connectivity index (χ1n) is 7.66. The first-order valence-corrected chi connectivity index (χ1v) is 8.80. The fourth-order valence-electron chi connectivity index (χ4n) is 2.50. The zero-order chi connectivity index (χ0) is 18.2. The largest absolute Gasteiger partial charge is 0.325 e. The summed E-state index contributed by atoms with van der Waals surface area (Å²) in [5, 5.41) is 6.87. The van der Waals surface area contributed by atoms with Crippen molar-refractivity contribution in [2.45, 2.75) is 19.8 Å². The minimum Gasteiger partial charge on any atom is -0.325 e. The van der Waals surface area contributed by atoms with Gasteiger partial charge in [0.05, 0.1) is 10.7 Å². The van der Waals surface area contributed by atoms with E-state index in [-0.39, 0.29) is 5.91 Å². The zero-order valence-corrected chi connectivity index (χ0v) is 15.6. The minimum atomic E-state index is -1.10. The highest BCUT2D eigenvalue weighted by molar-refractivity contribution is 6.36. The molecule has 7 heteroatoms. The molecule has 130 valence electrons. The van der Waals surface area contributed by atoms with Crippen LogP contribution in [0.2, 0.25) is 15.1 Å². The molecule has 0 unspecified atom stereocenters. The maximum Gasteiger partial charge on any atom is 0.240 e. The van der Waals surface area contributed by atoms with Gasteiger partial charge >= 0.3 is 0 Å². The first-order chi connectivity index (χ1) is 11.8. The van der Waals surface area contributed by atoms with Crippen molar-refractivity contribution in [3.8, 4) is 0 Å². The molecule has 2 aromatic carbocycles. The van der Waals surface area contributed by atoms with Gasteiger partial charge in [-0.3, -0.25) is 9.59 Å². The quantitative estimate of drug-likeness (QED) is 0.687. The van der Waals surface area contributed by atoms with Crippen LogP contribution >= 0.6 is 34.8 Å². The Bertz CT molecular complexity index is 845. The van der Waals surface area contributed by atoms with Crippen LogP contribution in [0.5, 0.6) is 0 Å². The number of nitrogens with one attached hydrogen (secondary N) is 2. The van der Waals surface area contributed by atoms with Crippen LogP contribution in [0.3, 0.4) is 0 Å². The molecule has 25 heavy (non-hydrogen) atoms. The summed E-state index contributed by atoms with van der Waals surface area (Å²) >= 11 is 18.1. The van der Waals surface area contributed by atoms with Gasteiger partial charge in [-0.1, -0.05) is 40.9 Å². The van der Waals surface area contributed by atoms with Gasteiger partial charge in [-0.25, -0.2) is 0 Å². The molecule has 0 aliphatic heterocycles. The van der Waals surface area contributed by atoms with E-state index < -0.39 is 11.3 Å². The first kappa shape index (κ1) is 18.1. The summed E-state index contributed by atoms with van der Waals surface area (Å²) in [6.45, 7) is 1.81. The molecule has 0 radical (unpaired) electrons. The number of rotatable bonds is 4. The number of hydrogen-bond donors (Lipinski definition) is 2. The third-order valence-electron chi connectivity index (χ3n) is 4.31. The van der Waals surface area contributed by atoms with Crippen molar-refractivity contribution in [2.24, 2.45) is 5.41 Å². The predicted molar refractivity (Wildman–Crippen MR) is 102 cm³/mol. The van der Waals surface area contributed by atoms with Crippen molar-refractivity contribution < 1.29 is 9.59 Å². The predicted octanol–water partition coefficient (Wildman–Crippen LogP) is 5.31. The van der Waals surface area contributed by atoms with Crippen molar-refractivity contribution in [2.75, 3.05) is 10.6 Å². The third kappa shape index (κ3) is 3.61. The van der Waals surface area contributed by atoms with E-state index in [0.717, 1.165) is 5.56 Å². The van der Waals surface area contributed by atoms with Crippen LogP contribution in [0.25, 0.3) is 0 Å². The molecule has 4 nitrogen and oxygen atoms in total. The molecule has 2 N–H and O–H groups in total. The Hall–Kier alpha value is -1.75. The molecule has 0 heterocycles. The van der Waals surface area contributed by atoms with Gasteiger partial charge in [0.1, 0.15) is 5.41 Å². The molecule has 0 atom stereocenters. The molecule has 1 saturated carbocycles. The number of carbonyl (C=O) groups is 2. The highest BCUT2D eigenvalue weighted by Gasteiger charge is 2.56. The zero-order valence-electron chi connectivity index (χ0n) is 13.3. The third-order valence-corrected chi connectivity index (χ3v) is 5.29. The minimum absolute atomic E-state index is 0.353. The second-order valence-electron chi connectivity index (χ2n) is 6.03. The van der Waals surface area contributed by atoms with Gasteiger partial charge < -0.3 is 10.6 Å². The summed E-state index contributed by atoms with van der Waals surface area (Å²) < 4.78 is 0. The maximum atomic E-state index is 12.7. The van der Waals surface area contributed by atoms with Gasteiger partial charge in [0.15, 0.2) is 0 Å². The van der Waals surface area contributed by atoms with Gasteiger partial charge in [0.25, 0.3) is 0 Å². The Labute approximate surface area is 160 Å². The fourth-order valence-corrected chi connectivity index (χ4v) is 3.01. The Morgan fingerprint density at radius 3 is 2.20 bits per heavy atom. The van der Waals surface area contributed by atoms with Crippen molar-refractivity contribution in [1.29, 1.82) is 0 Å².